The van der Waals surface area contributed by atoms with E-state index in [2.05, 4.69) is 48.2 Å². The van der Waals surface area contributed by atoms with E-state index in [1.807, 2.05) is 6.07 Å². The highest BCUT2D eigenvalue weighted by molar-refractivity contribution is 14.0. The van der Waals surface area contributed by atoms with Crippen molar-refractivity contribution >= 4 is 29.9 Å². The lowest BCUT2D eigenvalue weighted by molar-refractivity contribution is -0.00834. The number of hydrogen-bond acceptors (Lipinski definition) is 3. The molecular formula is C20H34FIN4O. The summed E-state index contributed by atoms with van der Waals surface area (Å²) in [5, 5.41) is 6.80. The van der Waals surface area contributed by atoms with Gasteiger partial charge in [-0.05, 0) is 31.5 Å². The van der Waals surface area contributed by atoms with Gasteiger partial charge in [0.2, 0.25) is 0 Å². The van der Waals surface area contributed by atoms with Gasteiger partial charge in [0.05, 0.1) is 13.2 Å². The lowest BCUT2D eigenvalue weighted by atomic mass is 9.84. The Morgan fingerprint density at radius 3 is 2.37 bits per heavy atom. The summed E-state index contributed by atoms with van der Waals surface area (Å²) in [7, 11) is 1.77. The topological polar surface area (TPSA) is 48.9 Å². The summed E-state index contributed by atoms with van der Waals surface area (Å²) in [5.41, 5.74) is 0.771. The maximum atomic E-state index is 13.5. The third-order valence-corrected chi connectivity index (χ3v) is 5.08. The number of halogens is 2. The van der Waals surface area contributed by atoms with E-state index in [1.165, 1.54) is 6.07 Å². The van der Waals surface area contributed by atoms with Crippen molar-refractivity contribution in [2.75, 3.05) is 46.4 Å². The highest BCUT2D eigenvalue weighted by atomic mass is 127. The van der Waals surface area contributed by atoms with Crippen LogP contribution in [-0.4, -0.2) is 62.8 Å². The van der Waals surface area contributed by atoms with Crippen LogP contribution < -0.4 is 10.6 Å². The molecule has 0 amide bonds. The third kappa shape index (κ3) is 7.19. The number of hydrogen-bond donors (Lipinski definition) is 2. The van der Waals surface area contributed by atoms with E-state index in [0.717, 1.165) is 44.4 Å². The minimum Gasteiger partial charge on any atom is -0.379 e. The van der Waals surface area contributed by atoms with Gasteiger partial charge >= 0.3 is 0 Å². The van der Waals surface area contributed by atoms with Crippen LogP contribution in [0.2, 0.25) is 0 Å². The van der Waals surface area contributed by atoms with Crippen molar-refractivity contribution in [2.45, 2.75) is 38.6 Å². The number of nitrogens with one attached hydrogen (secondary N) is 2. The molecule has 0 bridgehead atoms. The summed E-state index contributed by atoms with van der Waals surface area (Å²) < 4.78 is 19.0. The summed E-state index contributed by atoms with van der Waals surface area (Å²) in [5.74, 6) is 0.557. The Balaban J connectivity index is 0.00000364. The first-order chi connectivity index (χ1) is 12.2. The number of rotatable bonds is 6. The van der Waals surface area contributed by atoms with Gasteiger partial charge < -0.3 is 15.4 Å². The van der Waals surface area contributed by atoms with Crippen LogP contribution in [0.3, 0.4) is 0 Å². The van der Waals surface area contributed by atoms with Gasteiger partial charge in [0.25, 0.3) is 0 Å². The van der Waals surface area contributed by atoms with Gasteiger partial charge in [0.15, 0.2) is 5.96 Å². The number of morpholine rings is 1. The molecule has 7 heteroatoms. The fraction of sp³-hybridized carbons (Fsp3) is 0.650. The molecule has 0 aliphatic carbocycles. The second-order valence-electron chi connectivity index (χ2n) is 8.09. The van der Waals surface area contributed by atoms with Crippen molar-refractivity contribution in [3.8, 4) is 0 Å². The lowest BCUT2D eigenvalue weighted by Crippen LogP contribution is -2.57. The minimum atomic E-state index is -0.209. The van der Waals surface area contributed by atoms with E-state index in [9.17, 15) is 4.39 Å². The highest BCUT2D eigenvalue weighted by Crippen LogP contribution is 2.22. The molecule has 0 aromatic heterocycles. The van der Waals surface area contributed by atoms with Gasteiger partial charge in [0, 0.05) is 44.2 Å². The Morgan fingerprint density at radius 1 is 1.15 bits per heavy atom. The van der Waals surface area contributed by atoms with E-state index >= 15 is 0 Å². The maximum absolute atomic E-state index is 13.5. The zero-order valence-electron chi connectivity index (χ0n) is 17.1. The van der Waals surface area contributed by atoms with Gasteiger partial charge in [0.1, 0.15) is 5.82 Å². The molecule has 2 rings (SSSR count). The number of benzene rings is 1. The maximum Gasteiger partial charge on any atom is 0.191 e. The molecule has 2 N–H and O–H groups in total. The van der Waals surface area contributed by atoms with E-state index in [0.29, 0.717) is 6.54 Å². The van der Waals surface area contributed by atoms with Crippen LogP contribution in [-0.2, 0) is 10.2 Å². The quantitative estimate of drug-likeness (QED) is 0.364. The average Bonchev–Trinajstić information content (AvgIpc) is 2.62. The Hall–Kier alpha value is -0.930. The van der Waals surface area contributed by atoms with Crippen molar-refractivity contribution in [1.82, 2.24) is 15.5 Å². The zero-order valence-corrected chi connectivity index (χ0v) is 19.5. The molecule has 0 atom stereocenters. The molecular weight excluding hydrogens is 458 g/mol. The van der Waals surface area contributed by atoms with Crippen LogP contribution in [0.1, 0.15) is 33.3 Å². The summed E-state index contributed by atoms with van der Waals surface area (Å²) >= 11 is 0. The molecule has 0 radical (unpaired) electrons. The second-order valence-corrected chi connectivity index (χ2v) is 8.09. The summed E-state index contributed by atoms with van der Waals surface area (Å²) in [4.78, 5) is 6.77. The van der Waals surface area contributed by atoms with Crippen LogP contribution in [0.15, 0.2) is 29.3 Å². The van der Waals surface area contributed by atoms with Crippen molar-refractivity contribution < 1.29 is 9.13 Å². The van der Waals surface area contributed by atoms with Gasteiger partial charge in [-0.3, -0.25) is 9.89 Å². The van der Waals surface area contributed by atoms with Crippen LogP contribution in [0.25, 0.3) is 0 Å². The summed E-state index contributed by atoms with van der Waals surface area (Å²) in [6, 6.07) is 6.79. The zero-order chi connectivity index (χ0) is 19.2. The molecule has 0 spiro atoms. The summed E-state index contributed by atoms with van der Waals surface area (Å²) in [6.45, 7) is 13.6. The number of guanidine groups is 1. The van der Waals surface area contributed by atoms with Crippen molar-refractivity contribution in [3.05, 3.63) is 35.6 Å². The summed E-state index contributed by atoms with van der Waals surface area (Å²) in [6.07, 6.45) is 0. The van der Waals surface area contributed by atoms with Gasteiger partial charge in [-0.15, -0.1) is 24.0 Å². The lowest BCUT2D eigenvalue weighted by Gasteiger charge is -2.41. The Kier molecular flexibility index (Phi) is 9.44. The molecule has 1 fully saturated rings. The van der Waals surface area contributed by atoms with Crippen molar-refractivity contribution in [1.29, 1.82) is 0 Å². The fourth-order valence-corrected chi connectivity index (χ4v) is 3.12. The number of ether oxygens (including phenoxy) is 1. The minimum absolute atomic E-state index is 0. The fourth-order valence-electron chi connectivity index (χ4n) is 3.12. The standard InChI is InChI=1S/C20H33FN4O.HI/c1-19(2,16-7-6-8-17(21)13-16)14-23-18(22-5)24-15-20(3,4)25-9-11-26-12-10-25;/h6-8,13H,9-12,14-15H2,1-5H3,(H2,22,23,24);1H. The van der Waals surface area contributed by atoms with Gasteiger partial charge in [-0.25, -0.2) is 4.39 Å². The predicted octanol–water partition coefficient (Wildman–Crippen LogP) is 3.00. The molecule has 0 unspecified atom stereocenters. The van der Waals surface area contributed by atoms with Crippen LogP contribution in [0.5, 0.6) is 0 Å². The smallest absolute Gasteiger partial charge is 0.191 e. The van der Waals surface area contributed by atoms with E-state index < -0.39 is 0 Å². The molecule has 5 nitrogen and oxygen atoms in total. The Morgan fingerprint density at radius 2 is 1.78 bits per heavy atom. The van der Waals surface area contributed by atoms with E-state index in [-0.39, 0.29) is 40.7 Å². The molecule has 1 aromatic carbocycles. The molecule has 27 heavy (non-hydrogen) atoms. The first-order valence-corrected chi connectivity index (χ1v) is 9.28. The molecule has 1 heterocycles. The van der Waals surface area contributed by atoms with Crippen molar-refractivity contribution in [3.63, 3.8) is 0 Å². The SMILES string of the molecule is CN=C(NCC(C)(C)c1cccc(F)c1)NCC(C)(C)N1CCOCC1.I. The first-order valence-electron chi connectivity index (χ1n) is 9.28. The predicted molar refractivity (Wildman–Crippen MR) is 121 cm³/mol. The van der Waals surface area contributed by atoms with Crippen molar-refractivity contribution in [2.24, 2.45) is 4.99 Å². The normalized spacial score (nSPS) is 16.6. The van der Waals surface area contributed by atoms with Crippen LogP contribution >= 0.6 is 24.0 Å². The largest absolute Gasteiger partial charge is 0.379 e. The Labute approximate surface area is 180 Å². The van der Waals surface area contributed by atoms with Gasteiger partial charge in [-0.2, -0.15) is 0 Å². The third-order valence-electron chi connectivity index (χ3n) is 5.08. The first kappa shape index (κ1) is 24.1. The highest BCUT2D eigenvalue weighted by Gasteiger charge is 2.28. The molecule has 1 saturated heterocycles. The number of nitrogens with zero attached hydrogens (tertiary/aromatic N) is 2. The molecule has 1 aliphatic heterocycles. The Bertz CT molecular complexity index is 616. The van der Waals surface area contributed by atoms with E-state index in [1.54, 1.807) is 19.2 Å². The molecule has 1 aliphatic rings. The molecule has 154 valence electrons. The monoisotopic (exact) mass is 492 g/mol. The van der Waals surface area contributed by atoms with Crippen LogP contribution in [0, 0.1) is 5.82 Å². The molecule has 0 saturated carbocycles. The van der Waals surface area contributed by atoms with Crippen LogP contribution in [0.4, 0.5) is 4.39 Å². The number of aliphatic imine (C=N–C) groups is 1. The second kappa shape index (κ2) is 10.6. The average molecular weight is 492 g/mol. The van der Waals surface area contributed by atoms with Gasteiger partial charge in [-0.1, -0.05) is 26.0 Å². The van der Waals surface area contributed by atoms with E-state index in [4.69, 9.17) is 4.74 Å². The molecule has 1 aromatic rings.